The van der Waals surface area contributed by atoms with E-state index < -0.39 is 0 Å². The summed E-state index contributed by atoms with van der Waals surface area (Å²) in [5, 5.41) is 0. The van der Waals surface area contributed by atoms with Crippen molar-refractivity contribution in [1.29, 1.82) is 0 Å². The lowest BCUT2D eigenvalue weighted by Gasteiger charge is -2.29. The Bertz CT molecular complexity index is 1890. The highest BCUT2D eigenvalue weighted by Crippen LogP contribution is 2.42. The molecule has 0 aliphatic carbocycles. The van der Waals surface area contributed by atoms with Gasteiger partial charge < -0.3 is 9.80 Å². The molecule has 0 N–H and O–H groups in total. The Morgan fingerprint density at radius 2 is 0.776 bits per heavy atom. The van der Waals surface area contributed by atoms with Crippen LogP contribution in [0.25, 0.3) is 11.1 Å². The molecule has 0 aromatic heterocycles. The Morgan fingerprint density at radius 3 is 1.14 bits per heavy atom. The molecule has 250 valence electrons. The second-order valence-electron chi connectivity index (χ2n) is 12.9. The van der Waals surface area contributed by atoms with Gasteiger partial charge in [-0.1, -0.05) is 118 Å². The Hall–Kier alpha value is -5.08. The van der Waals surface area contributed by atoms with Crippen LogP contribution in [-0.4, -0.2) is 0 Å². The zero-order valence-electron chi connectivity index (χ0n) is 30.7. The van der Waals surface area contributed by atoms with Crippen LogP contribution in [0, 0.1) is 34.6 Å². The van der Waals surface area contributed by atoms with Crippen LogP contribution in [0.5, 0.6) is 0 Å². The highest BCUT2D eigenvalue weighted by Gasteiger charge is 2.19. The van der Waals surface area contributed by atoms with E-state index in [4.69, 9.17) is 0 Å². The fourth-order valence-electron chi connectivity index (χ4n) is 7.02. The highest BCUT2D eigenvalue weighted by molar-refractivity contribution is 5.84. The molecule has 0 atom stereocenters. The Labute approximate surface area is 295 Å². The zero-order valence-corrected chi connectivity index (χ0v) is 30.7. The minimum atomic E-state index is 1.13. The minimum absolute atomic E-state index is 1.13. The lowest BCUT2D eigenvalue weighted by atomic mass is 9.98. The molecular weight excluding hydrogens is 593 g/mol. The number of anilines is 6. The lowest BCUT2D eigenvalue weighted by Crippen LogP contribution is -2.13. The Kier molecular flexibility index (Phi) is 11.8. The number of benzene rings is 6. The van der Waals surface area contributed by atoms with E-state index in [0.717, 1.165) is 23.5 Å². The van der Waals surface area contributed by atoms with Crippen molar-refractivity contribution in [1.82, 2.24) is 0 Å². The molecule has 2 nitrogen and oxygen atoms in total. The molecule has 2 heteroatoms. The van der Waals surface area contributed by atoms with Gasteiger partial charge >= 0.3 is 0 Å². The van der Waals surface area contributed by atoms with E-state index in [1.54, 1.807) is 0 Å². The maximum absolute atomic E-state index is 2.41. The average Bonchev–Trinajstić information content (AvgIpc) is 3.12. The third-order valence-corrected chi connectivity index (χ3v) is 9.07. The van der Waals surface area contributed by atoms with Crippen LogP contribution in [0.3, 0.4) is 0 Å². The van der Waals surface area contributed by atoms with Crippen LogP contribution in [0.4, 0.5) is 34.1 Å². The van der Waals surface area contributed by atoms with Gasteiger partial charge in [-0.05, 0) is 135 Å². The van der Waals surface area contributed by atoms with Crippen LogP contribution in [0.1, 0.15) is 67.0 Å². The second kappa shape index (κ2) is 16.3. The first kappa shape index (κ1) is 35.2. The number of rotatable bonds is 10. The molecule has 0 bridgehead atoms. The molecule has 0 amide bonds. The predicted octanol–water partition coefficient (Wildman–Crippen LogP) is 14.2. The summed E-state index contributed by atoms with van der Waals surface area (Å²) in [7, 11) is 0. The summed E-state index contributed by atoms with van der Waals surface area (Å²) in [6.07, 6.45) is 3.56. The monoisotopic (exact) mass is 644 g/mol. The van der Waals surface area contributed by atoms with E-state index in [0.29, 0.717) is 0 Å². The maximum atomic E-state index is 2.41. The average molecular weight is 645 g/mol. The number of nitrogens with zero attached hydrogens (tertiary/aromatic N) is 2. The minimum Gasteiger partial charge on any atom is -0.310 e. The molecule has 0 spiro atoms. The van der Waals surface area contributed by atoms with Crippen LogP contribution < -0.4 is 9.80 Å². The Morgan fingerprint density at radius 1 is 0.429 bits per heavy atom. The first-order valence-electron chi connectivity index (χ1n) is 17.9. The first-order chi connectivity index (χ1) is 23.8. The topological polar surface area (TPSA) is 6.48 Å². The van der Waals surface area contributed by atoms with Crippen LogP contribution >= 0.6 is 0 Å². The molecule has 0 saturated carbocycles. The lowest BCUT2D eigenvalue weighted by molar-refractivity contribution is 0.794. The molecule has 49 heavy (non-hydrogen) atoms. The fraction of sp³-hybridized carbons (Fsp3) is 0.234. The van der Waals surface area contributed by atoms with Gasteiger partial charge in [0.15, 0.2) is 0 Å². The van der Waals surface area contributed by atoms with Crippen LogP contribution in [0.15, 0.2) is 133 Å². The van der Waals surface area contributed by atoms with Gasteiger partial charge in [-0.2, -0.15) is 0 Å². The van der Waals surface area contributed by atoms with Gasteiger partial charge in [0.2, 0.25) is 0 Å². The molecule has 0 radical (unpaired) electrons. The van der Waals surface area contributed by atoms with E-state index in [-0.39, 0.29) is 0 Å². The summed E-state index contributed by atoms with van der Waals surface area (Å²) in [5.41, 5.74) is 17.4. The normalized spacial score (nSPS) is 10.7. The SMILES string of the molecule is CC.CCCCc1cc(C)c(N(c2ccccc2)c2ccc(-c3ccc(N(c4ccccc4)c4c(C)cc(C)cc4C)cc3)cc2)c(C)c1. The molecule has 0 saturated heterocycles. The number of unbranched alkanes of at least 4 members (excludes halogenated alkanes) is 1. The van der Waals surface area contributed by atoms with Crippen molar-refractivity contribution < 1.29 is 0 Å². The highest BCUT2D eigenvalue weighted by atomic mass is 15.2. The summed E-state index contributed by atoms with van der Waals surface area (Å²) in [4.78, 5) is 4.79. The number of hydrogen-bond acceptors (Lipinski definition) is 2. The smallest absolute Gasteiger partial charge is 0.0520 e. The summed E-state index contributed by atoms with van der Waals surface area (Å²) in [6, 6.07) is 48.7. The van der Waals surface area contributed by atoms with Crippen LogP contribution in [0.2, 0.25) is 0 Å². The van der Waals surface area contributed by atoms with E-state index >= 15 is 0 Å². The van der Waals surface area contributed by atoms with E-state index in [1.807, 2.05) is 13.8 Å². The van der Waals surface area contributed by atoms with Crippen LogP contribution in [-0.2, 0) is 6.42 Å². The summed E-state index contributed by atoms with van der Waals surface area (Å²) in [6.45, 7) is 17.4. The maximum Gasteiger partial charge on any atom is 0.0520 e. The van der Waals surface area contributed by atoms with E-state index in [2.05, 4.69) is 185 Å². The van der Waals surface area contributed by atoms with Gasteiger partial charge in [0, 0.05) is 22.7 Å². The molecule has 6 aromatic carbocycles. The van der Waals surface area contributed by atoms with Gasteiger partial charge in [0.25, 0.3) is 0 Å². The van der Waals surface area contributed by atoms with Crippen molar-refractivity contribution >= 4 is 34.1 Å². The predicted molar refractivity (Wildman–Crippen MR) is 215 cm³/mol. The molecule has 0 aliphatic heterocycles. The third kappa shape index (κ3) is 7.98. The van der Waals surface area contributed by atoms with Crippen molar-refractivity contribution in [2.75, 3.05) is 9.80 Å². The number of para-hydroxylation sites is 2. The molecule has 0 heterocycles. The molecule has 6 aromatic rings. The molecule has 0 unspecified atom stereocenters. The second-order valence-corrected chi connectivity index (χ2v) is 12.9. The fourth-order valence-corrected chi connectivity index (χ4v) is 7.02. The summed E-state index contributed by atoms with van der Waals surface area (Å²) in [5.74, 6) is 0. The molecular formula is C47H52N2. The number of hydrogen-bond donors (Lipinski definition) is 0. The van der Waals surface area contributed by atoms with Gasteiger partial charge in [0.05, 0.1) is 11.4 Å². The Balaban J connectivity index is 0.00000230. The van der Waals surface area contributed by atoms with Crippen molar-refractivity contribution in [3.63, 3.8) is 0 Å². The first-order valence-corrected chi connectivity index (χ1v) is 17.9. The largest absolute Gasteiger partial charge is 0.310 e. The van der Waals surface area contributed by atoms with Gasteiger partial charge in [0.1, 0.15) is 0 Å². The summed E-state index contributed by atoms with van der Waals surface area (Å²) < 4.78 is 0. The van der Waals surface area contributed by atoms with Gasteiger partial charge in [-0.15, -0.1) is 0 Å². The zero-order chi connectivity index (χ0) is 34.9. The van der Waals surface area contributed by atoms with Crippen molar-refractivity contribution in [2.45, 2.75) is 74.7 Å². The van der Waals surface area contributed by atoms with Crippen molar-refractivity contribution in [2.24, 2.45) is 0 Å². The molecule has 6 rings (SSSR count). The summed E-state index contributed by atoms with van der Waals surface area (Å²) >= 11 is 0. The molecule has 0 fully saturated rings. The van der Waals surface area contributed by atoms with Gasteiger partial charge in [-0.3, -0.25) is 0 Å². The van der Waals surface area contributed by atoms with E-state index in [1.165, 1.54) is 74.4 Å². The van der Waals surface area contributed by atoms with E-state index in [9.17, 15) is 0 Å². The number of aryl methyl sites for hydroxylation is 6. The van der Waals surface area contributed by atoms with Crippen molar-refractivity contribution in [3.8, 4) is 11.1 Å². The third-order valence-electron chi connectivity index (χ3n) is 9.07. The van der Waals surface area contributed by atoms with Crippen molar-refractivity contribution in [3.05, 3.63) is 167 Å². The standard InChI is InChI=1S/C45H46N2.C2H6/c1-7-8-15-37-30-35(5)45(36(6)31-37)47(41-18-13-10-14-19-41)43-26-22-39(23-27-43)38-20-24-42(25-21-38)46(40-16-11-9-12-17-40)44-33(3)28-32(2)29-34(44)4;1-2/h9-14,16-31H,7-8,15H2,1-6H3;1-2H3. The van der Waals surface area contributed by atoms with Gasteiger partial charge in [-0.25, -0.2) is 0 Å². The quantitative estimate of drug-likeness (QED) is 0.146. The molecule has 0 aliphatic rings.